The SMILES string of the molecule is Cc1ccc(S(=O)(=O)CC(=O)NCC#N)cc1. The monoisotopic (exact) mass is 252 g/mol. The fourth-order valence-corrected chi connectivity index (χ4v) is 2.36. The van der Waals surface area contributed by atoms with Crippen LogP contribution in [0.2, 0.25) is 0 Å². The summed E-state index contributed by atoms with van der Waals surface area (Å²) in [5.74, 6) is -1.32. The molecule has 5 nitrogen and oxygen atoms in total. The molecule has 0 fully saturated rings. The molecule has 90 valence electrons. The van der Waals surface area contributed by atoms with E-state index in [1.165, 1.54) is 12.1 Å². The van der Waals surface area contributed by atoms with E-state index >= 15 is 0 Å². The molecule has 17 heavy (non-hydrogen) atoms. The van der Waals surface area contributed by atoms with Crippen molar-refractivity contribution in [2.24, 2.45) is 0 Å². The standard InChI is InChI=1S/C11H12N2O3S/c1-9-2-4-10(5-3-9)17(15,16)8-11(14)13-7-6-12/h2-5H,7-8H2,1H3,(H,13,14). The molecule has 0 unspecified atom stereocenters. The van der Waals surface area contributed by atoms with Crippen molar-refractivity contribution >= 4 is 15.7 Å². The Kier molecular flexibility index (Phi) is 4.24. The molecule has 0 radical (unpaired) electrons. The van der Waals surface area contributed by atoms with Crippen LogP contribution >= 0.6 is 0 Å². The molecule has 0 aliphatic rings. The smallest absolute Gasteiger partial charge is 0.236 e. The normalized spacial score (nSPS) is 10.6. The van der Waals surface area contributed by atoms with Crippen LogP contribution in [-0.4, -0.2) is 26.6 Å². The maximum absolute atomic E-state index is 11.8. The lowest BCUT2D eigenvalue weighted by Gasteiger charge is -2.04. The molecule has 0 atom stereocenters. The molecule has 1 amide bonds. The van der Waals surface area contributed by atoms with E-state index in [9.17, 15) is 13.2 Å². The van der Waals surface area contributed by atoms with E-state index in [1.54, 1.807) is 18.2 Å². The molecule has 0 bridgehead atoms. The first-order chi connectivity index (χ1) is 7.95. The molecule has 1 aromatic rings. The molecule has 0 spiro atoms. The summed E-state index contributed by atoms with van der Waals surface area (Å²) < 4.78 is 23.5. The Morgan fingerprint density at radius 2 is 1.94 bits per heavy atom. The molecule has 0 heterocycles. The van der Waals surface area contributed by atoms with Crippen molar-refractivity contribution in [1.29, 1.82) is 5.26 Å². The van der Waals surface area contributed by atoms with Gasteiger partial charge in [-0.25, -0.2) is 8.42 Å². The molecular formula is C11H12N2O3S. The van der Waals surface area contributed by atoms with Crippen molar-refractivity contribution in [3.8, 4) is 6.07 Å². The zero-order valence-electron chi connectivity index (χ0n) is 9.30. The molecule has 0 saturated carbocycles. The number of benzene rings is 1. The third-order valence-electron chi connectivity index (χ3n) is 2.07. The fourth-order valence-electron chi connectivity index (χ4n) is 1.19. The fraction of sp³-hybridized carbons (Fsp3) is 0.273. The number of aryl methyl sites for hydroxylation is 1. The first-order valence-electron chi connectivity index (χ1n) is 4.89. The van der Waals surface area contributed by atoms with Gasteiger partial charge in [0.05, 0.1) is 11.0 Å². The van der Waals surface area contributed by atoms with Crippen molar-refractivity contribution in [1.82, 2.24) is 5.32 Å². The first kappa shape index (κ1) is 13.2. The largest absolute Gasteiger partial charge is 0.342 e. The topological polar surface area (TPSA) is 87.0 Å². The minimum Gasteiger partial charge on any atom is -0.342 e. The zero-order chi connectivity index (χ0) is 12.9. The number of rotatable bonds is 4. The summed E-state index contributed by atoms with van der Waals surface area (Å²) in [7, 11) is -3.63. The van der Waals surface area contributed by atoms with Gasteiger partial charge in [-0.3, -0.25) is 4.79 Å². The summed E-state index contributed by atoms with van der Waals surface area (Å²) in [4.78, 5) is 11.3. The predicted molar refractivity (Wildman–Crippen MR) is 61.9 cm³/mol. The van der Waals surface area contributed by atoms with Crippen LogP contribution < -0.4 is 5.32 Å². The van der Waals surface area contributed by atoms with E-state index in [-0.39, 0.29) is 11.4 Å². The Bertz CT molecular complexity index is 541. The predicted octanol–water partition coefficient (Wildman–Crippen LogP) is 0.408. The number of amides is 1. The van der Waals surface area contributed by atoms with Gasteiger partial charge in [-0.05, 0) is 19.1 Å². The number of sulfone groups is 1. The molecule has 6 heteroatoms. The van der Waals surface area contributed by atoms with Crippen molar-refractivity contribution < 1.29 is 13.2 Å². The quantitative estimate of drug-likeness (QED) is 0.786. The van der Waals surface area contributed by atoms with Crippen LogP contribution in [0.4, 0.5) is 0 Å². The van der Waals surface area contributed by atoms with E-state index < -0.39 is 21.5 Å². The van der Waals surface area contributed by atoms with Crippen LogP contribution in [0.1, 0.15) is 5.56 Å². The summed E-state index contributed by atoms with van der Waals surface area (Å²) in [5, 5.41) is 10.4. The van der Waals surface area contributed by atoms with Gasteiger partial charge in [0, 0.05) is 0 Å². The first-order valence-corrected chi connectivity index (χ1v) is 6.54. The highest BCUT2D eigenvalue weighted by Crippen LogP contribution is 2.11. The maximum Gasteiger partial charge on any atom is 0.236 e. The van der Waals surface area contributed by atoms with Gasteiger partial charge in [-0.15, -0.1) is 0 Å². The van der Waals surface area contributed by atoms with Gasteiger partial charge in [-0.1, -0.05) is 17.7 Å². The van der Waals surface area contributed by atoms with Crippen LogP contribution in [0.15, 0.2) is 29.2 Å². The highest BCUT2D eigenvalue weighted by molar-refractivity contribution is 7.92. The zero-order valence-corrected chi connectivity index (χ0v) is 10.1. The van der Waals surface area contributed by atoms with Crippen molar-refractivity contribution in [3.63, 3.8) is 0 Å². The van der Waals surface area contributed by atoms with E-state index in [0.717, 1.165) is 5.56 Å². The van der Waals surface area contributed by atoms with Gasteiger partial charge in [0.15, 0.2) is 9.84 Å². The lowest BCUT2D eigenvalue weighted by atomic mass is 10.2. The number of nitriles is 1. The van der Waals surface area contributed by atoms with Gasteiger partial charge in [0.25, 0.3) is 0 Å². The van der Waals surface area contributed by atoms with Gasteiger partial charge >= 0.3 is 0 Å². The van der Waals surface area contributed by atoms with Crippen molar-refractivity contribution in [2.45, 2.75) is 11.8 Å². The number of carbonyl (C=O) groups excluding carboxylic acids is 1. The van der Waals surface area contributed by atoms with E-state index in [2.05, 4.69) is 5.32 Å². The number of nitrogens with zero attached hydrogens (tertiary/aromatic N) is 1. The second-order valence-electron chi connectivity index (χ2n) is 3.51. The lowest BCUT2D eigenvalue weighted by Crippen LogP contribution is -2.30. The Labute approximate surface area is 100.0 Å². The highest BCUT2D eigenvalue weighted by atomic mass is 32.2. The van der Waals surface area contributed by atoms with Gasteiger partial charge in [0.2, 0.25) is 5.91 Å². The second-order valence-corrected chi connectivity index (χ2v) is 5.50. The highest BCUT2D eigenvalue weighted by Gasteiger charge is 2.18. The molecule has 0 aliphatic carbocycles. The van der Waals surface area contributed by atoms with Crippen molar-refractivity contribution in [3.05, 3.63) is 29.8 Å². The van der Waals surface area contributed by atoms with Crippen LogP contribution in [0, 0.1) is 18.3 Å². The van der Waals surface area contributed by atoms with Crippen LogP contribution in [-0.2, 0) is 14.6 Å². The van der Waals surface area contributed by atoms with Gasteiger partial charge in [-0.2, -0.15) is 5.26 Å². The second kappa shape index (κ2) is 5.46. The van der Waals surface area contributed by atoms with Gasteiger partial charge < -0.3 is 5.32 Å². The number of hydrogen-bond donors (Lipinski definition) is 1. The Morgan fingerprint density at radius 1 is 1.35 bits per heavy atom. The average molecular weight is 252 g/mol. The van der Waals surface area contributed by atoms with Crippen LogP contribution in [0.3, 0.4) is 0 Å². The van der Waals surface area contributed by atoms with E-state index in [1.807, 2.05) is 6.92 Å². The Morgan fingerprint density at radius 3 is 2.47 bits per heavy atom. The molecule has 1 rings (SSSR count). The summed E-state index contributed by atoms with van der Waals surface area (Å²) in [6.45, 7) is 1.65. The van der Waals surface area contributed by atoms with Crippen molar-refractivity contribution in [2.75, 3.05) is 12.3 Å². The molecule has 1 aromatic carbocycles. The molecule has 1 N–H and O–H groups in total. The van der Waals surface area contributed by atoms with E-state index in [4.69, 9.17) is 5.26 Å². The van der Waals surface area contributed by atoms with Gasteiger partial charge in [0.1, 0.15) is 12.3 Å². The summed E-state index contributed by atoms with van der Waals surface area (Å²) in [6, 6.07) is 7.96. The summed E-state index contributed by atoms with van der Waals surface area (Å²) in [5.41, 5.74) is 0.942. The average Bonchev–Trinajstić information content (AvgIpc) is 2.26. The summed E-state index contributed by atoms with van der Waals surface area (Å²) in [6.07, 6.45) is 0. The lowest BCUT2D eigenvalue weighted by molar-refractivity contribution is -0.118. The number of carbonyl (C=O) groups is 1. The Balaban J connectivity index is 2.79. The minimum atomic E-state index is -3.63. The third kappa shape index (κ3) is 3.89. The number of hydrogen-bond acceptors (Lipinski definition) is 4. The number of nitrogens with one attached hydrogen (secondary N) is 1. The minimum absolute atomic E-state index is 0.107. The third-order valence-corrected chi connectivity index (χ3v) is 3.70. The van der Waals surface area contributed by atoms with Crippen LogP contribution in [0.25, 0.3) is 0 Å². The maximum atomic E-state index is 11.8. The molecule has 0 aromatic heterocycles. The molecule has 0 aliphatic heterocycles. The Hall–Kier alpha value is -1.87. The molecule has 0 saturated heterocycles. The van der Waals surface area contributed by atoms with E-state index in [0.29, 0.717) is 0 Å². The molecular weight excluding hydrogens is 240 g/mol. The summed E-state index contributed by atoms with van der Waals surface area (Å²) >= 11 is 0. The van der Waals surface area contributed by atoms with Crippen LogP contribution in [0.5, 0.6) is 0 Å².